The monoisotopic (exact) mass is 212 g/mol. The third-order valence-corrected chi connectivity index (χ3v) is 2.97. The number of hydrogen-bond donors (Lipinski definition) is 2. The molecule has 0 bridgehead atoms. The van der Waals surface area contributed by atoms with E-state index in [1.54, 1.807) is 0 Å². The molecule has 0 spiro atoms. The van der Waals surface area contributed by atoms with Gasteiger partial charge in [0.2, 0.25) is 0 Å². The standard InChI is InChI=1S/C11H20N2O2/c1-11(2,3)15-10(14)13-9-6-12-5-7-4-8(7)9/h7-9,12H,4-6H2,1-3H3,(H,13,14)/t7-,8-,9+/m0/s1. The summed E-state index contributed by atoms with van der Waals surface area (Å²) in [6.07, 6.45) is 0.954. The Morgan fingerprint density at radius 3 is 2.80 bits per heavy atom. The summed E-state index contributed by atoms with van der Waals surface area (Å²) >= 11 is 0. The molecule has 0 aromatic heterocycles. The Hall–Kier alpha value is -0.770. The normalized spacial score (nSPS) is 34.2. The molecule has 2 N–H and O–H groups in total. The molecule has 1 saturated carbocycles. The quantitative estimate of drug-likeness (QED) is 0.685. The Labute approximate surface area is 90.8 Å². The SMILES string of the molecule is CC(C)(C)OC(=O)N[C@@H]1CNC[C@@H]2C[C@@H]21. The van der Waals surface area contributed by atoms with Gasteiger partial charge in [-0.1, -0.05) is 0 Å². The number of nitrogens with one attached hydrogen (secondary N) is 2. The zero-order valence-electron chi connectivity index (χ0n) is 9.67. The third-order valence-electron chi connectivity index (χ3n) is 2.97. The summed E-state index contributed by atoms with van der Waals surface area (Å²) in [4.78, 5) is 11.5. The van der Waals surface area contributed by atoms with Crippen molar-refractivity contribution in [1.82, 2.24) is 10.6 Å². The first-order valence-corrected chi connectivity index (χ1v) is 5.66. The fraction of sp³-hybridized carbons (Fsp3) is 0.909. The third kappa shape index (κ3) is 2.84. The second kappa shape index (κ2) is 3.67. The van der Waals surface area contributed by atoms with Gasteiger partial charge in [-0.25, -0.2) is 4.79 Å². The molecule has 1 saturated heterocycles. The van der Waals surface area contributed by atoms with Crippen LogP contribution in [-0.4, -0.2) is 30.8 Å². The predicted octanol–water partition coefficient (Wildman–Crippen LogP) is 1.12. The molecule has 1 heterocycles. The second-order valence-corrected chi connectivity index (χ2v) is 5.57. The Kier molecular flexibility index (Phi) is 2.63. The van der Waals surface area contributed by atoms with E-state index in [1.807, 2.05) is 20.8 Å². The molecule has 3 atom stereocenters. The molecule has 86 valence electrons. The van der Waals surface area contributed by atoms with Crippen LogP contribution in [0.15, 0.2) is 0 Å². The molecule has 15 heavy (non-hydrogen) atoms. The Bertz CT molecular complexity index is 260. The predicted molar refractivity (Wildman–Crippen MR) is 57.6 cm³/mol. The number of amides is 1. The molecule has 2 fully saturated rings. The molecule has 2 aliphatic rings. The number of alkyl carbamates (subject to hydrolysis) is 1. The maximum atomic E-state index is 11.5. The van der Waals surface area contributed by atoms with E-state index in [2.05, 4.69) is 10.6 Å². The molecule has 0 radical (unpaired) electrons. The van der Waals surface area contributed by atoms with Crippen molar-refractivity contribution in [3.63, 3.8) is 0 Å². The Balaban J connectivity index is 1.79. The molecule has 1 aliphatic heterocycles. The van der Waals surface area contributed by atoms with Gasteiger partial charge in [-0.2, -0.15) is 0 Å². The van der Waals surface area contributed by atoms with Gasteiger partial charge in [0.15, 0.2) is 0 Å². The highest BCUT2D eigenvalue weighted by atomic mass is 16.6. The van der Waals surface area contributed by atoms with Crippen LogP contribution in [0.3, 0.4) is 0 Å². The van der Waals surface area contributed by atoms with Crippen LogP contribution < -0.4 is 10.6 Å². The molecule has 0 unspecified atom stereocenters. The number of ether oxygens (including phenoxy) is 1. The van der Waals surface area contributed by atoms with Crippen molar-refractivity contribution in [3.8, 4) is 0 Å². The van der Waals surface area contributed by atoms with Gasteiger partial charge >= 0.3 is 6.09 Å². The van der Waals surface area contributed by atoms with Gasteiger partial charge in [-0.15, -0.1) is 0 Å². The van der Waals surface area contributed by atoms with Crippen LogP contribution in [0.25, 0.3) is 0 Å². The zero-order chi connectivity index (χ0) is 11.1. The first-order chi connectivity index (χ1) is 6.96. The highest BCUT2D eigenvalue weighted by molar-refractivity contribution is 5.68. The fourth-order valence-corrected chi connectivity index (χ4v) is 2.19. The number of rotatable bonds is 1. The number of hydrogen-bond acceptors (Lipinski definition) is 3. The van der Waals surface area contributed by atoms with Gasteiger partial charge in [0.1, 0.15) is 5.60 Å². The zero-order valence-corrected chi connectivity index (χ0v) is 9.67. The minimum atomic E-state index is -0.408. The summed E-state index contributed by atoms with van der Waals surface area (Å²) in [5.74, 6) is 1.46. The van der Waals surface area contributed by atoms with Crippen LogP contribution in [0.5, 0.6) is 0 Å². The summed E-state index contributed by atoms with van der Waals surface area (Å²) in [6, 6.07) is 0.263. The molecular weight excluding hydrogens is 192 g/mol. The lowest BCUT2D eigenvalue weighted by Crippen LogP contribution is -2.48. The summed E-state index contributed by atoms with van der Waals surface area (Å²) < 4.78 is 5.23. The lowest BCUT2D eigenvalue weighted by atomic mass is 10.1. The van der Waals surface area contributed by atoms with E-state index in [4.69, 9.17) is 4.74 Å². The van der Waals surface area contributed by atoms with Gasteiger partial charge in [-0.3, -0.25) is 0 Å². The molecule has 2 rings (SSSR count). The lowest BCUT2D eigenvalue weighted by Gasteiger charge is -2.26. The molecule has 4 heteroatoms. The summed E-state index contributed by atoms with van der Waals surface area (Å²) in [6.45, 7) is 7.63. The molecule has 1 aliphatic carbocycles. The van der Waals surface area contributed by atoms with Crippen molar-refractivity contribution in [2.24, 2.45) is 11.8 Å². The molecule has 0 aromatic rings. The highest BCUT2D eigenvalue weighted by Gasteiger charge is 2.46. The van der Waals surface area contributed by atoms with Crippen molar-refractivity contribution in [3.05, 3.63) is 0 Å². The molecular formula is C11H20N2O2. The Morgan fingerprint density at radius 2 is 2.13 bits per heavy atom. The minimum Gasteiger partial charge on any atom is -0.444 e. The van der Waals surface area contributed by atoms with E-state index in [0.717, 1.165) is 19.0 Å². The van der Waals surface area contributed by atoms with Crippen LogP contribution in [-0.2, 0) is 4.74 Å². The Morgan fingerprint density at radius 1 is 1.40 bits per heavy atom. The summed E-state index contributed by atoms with van der Waals surface area (Å²) in [5, 5.41) is 6.27. The maximum Gasteiger partial charge on any atom is 0.407 e. The number of carbonyl (C=O) groups is 1. The first-order valence-electron chi connectivity index (χ1n) is 5.66. The van der Waals surface area contributed by atoms with Gasteiger partial charge in [0, 0.05) is 12.6 Å². The van der Waals surface area contributed by atoms with Gasteiger partial charge < -0.3 is 15.4 Å². The van der Waals surface area contributed by atoms with E-state index in [9.17, 15) is 4.79 Å². The van der Waals surface area contributed by atoms with E-state index >= 15 is 0 Å². The fourth-order valence-electron chi connectivity index (χ4n) is 2.19. The van der Waals surface area contributed by atoms with Crippen molar-refractivity contribution >= 4 is 6.09 Å². The van der Waals surface area contributed by atoms with Crippen molar-refractivity contribution in [2.75, 3.05) is 13.1 Å². The van der Waals surface area contributed by atoms with E-state index in [0.29, 0.717) is 5.92 Å². The van der Waals surface area contributed by atoms with Gasteiger partial charge in [0.05, 0.1) is 0 Å². The largest absolute Gasteiger partial charge is 0.444 e. The smallest absolute Gasteiger partial charge is 0.407 e. The van der Waals surface area contributed by atoms with Crippen molar-refractivity contribution in [1.29, 1.82) is 0 Å². The topological polar surface area (TPSA) is 50.4 Å². The molecule has 4 nitrogen and oxygen atoms in total. The van der Waals surface area contributed by atoms with Gasteiger partial charge in [-0.05, 0) is 45.6 Å². The van der Waals surface area contributed by atoms with Crippen LogP contribution in [0.4, 0.5) is 4.79 Å². The average Bonchev–Trinajstić information content (AvgIpc) is 2.79. The van der Waals surface area contributed by atoms with E-state index < -0.39 is 5.60 Å². The van der Waals surface area contributed by atoms with Crippen LogP contribution >= 0.6 is 0 Å². The van der Waals surface area contributed by atoms with E-state index in [-0.39, 0.29) is 12.1 Å². The highest BCUT2D eigenvalue weighted by Crippen LogP contribution is 2.42. The maximum absolute atomic E-state index is 11.5. The lowest BCUT2D eigenvalue weighted by molar-refractivity contribution is 0.0492. The van der Waals surface area contributed by atoms with Crippen LogP contribution in [0.2, 0.25) is 0 Å². The van der Waals surface area contributed by atoms with E-state index in [1.165, 1.54) is 6.42 Å². The van der Waals surface area contributed by atoms with Crippen LogP contribution in [0, 0.1) is 11.8 Å². The van der Waals surface area contributed by atoms with Crippen molar-refractivity contribution in [2.45, 2.75) is 38.8 Å². The first kappa shape index (κ1) is 10.7. The molecule has 1 amide bonds. The minimum absolute atomic E-state index is 0.263. The number of piperidine rings is 1. The van der Waals surface area contributed by atoms with Gasteiger partial charge in [0.25, 0.3) is 0 Å². The van der Waals surface area contributed by atoms with Crippen LogP contribution in [0.1, 0.15) is 27.2 Å². The molecule has 0 aromatic carbocycles. The van der Waals surface area contributed by atoms with Crippen molar-refractivity contribution < 1.29 is 9.53 Å². The average molecular weight is 212 g/mol. The number of carbonyl (C=O) groups excluding carboxylic acids is 1. The number of fused-ring (bicyclic) bond motifs is 1. The summed E-state index contributed by atoms with van der Waals surface area (Å²) in [7, 11) is 0. The second-order valence-electron chi connectivity index (χ2n) is 5.57. The summed E-state index contributed by atoms with van der Waals surface area (Å²) in [5.41, 5.74) is -0.408.